The van der Waals surface area contributed by atoms with Gasteiger partial charge in [0.2, 0.25) is 0 Å². The first-order valence-corrected chi connectivity index (χ1v) is 4.40. The largest absolute Gasteiger partial charge is 0.396 e. The maximum absolute atomic E-state index is 9.30. The molecule has 0 bridgehead atoms. The van der Waals surface area contributed by atoms with Crippen molar-refractivity contribution in [2.75, 3.05) is 6.61 Å². The van der Waals surface area contributed by atoms with E-state index in [2.05, 4.69) is 13.8 Å². The molecule has 0 heterocycles. The van der Waals surface area contributed by atoms with Gasteiger partial charge in [0.05, 0.1) is 6.10 Å². The quantitative estimate of drug-likeness (QED) is 0.638. The highest BCUT2D eigenvalue weighted by atomic mass is 16.3. The molecule has 0 spiro atoms. The van der Waals surface area contributed by atoms with Crippen LogP contribution in [-0.2, 0) is 0 Å². The standard InChI is InChI=1S/C9H20O2/c1-4-9(11)5-8(6-10)7(2)3/h7-11H,4-6H2,1-3H3. The van der Waals surface area contributed by atoms with E-state index in [1.54, 1.807) is 0 Å². The van der Waals surface area contributed by atoms with Crippen molar-refractivity contribution in [2.45, 2.75) is 39.7 Å². The fraction of sp³-hybridized carbons (Fsp3) is 1.00. The number of hydrogen-bond donors (Lipinski definition) is 2. The summed E-state index contributed by atoms with van der Waals surface area (Å²) in [6.07, 6.45) is 1.27. The Morgan fingerprint density at radius 1 is 1.27 bits per heavy atom. The van der Waals surface area contributed by atoms with Crippen molar-refractivity contribution >= 4 is 0 Å². The molecule has 0 aliphatic heterocycles. The number of hydrogen-bond acceptors (Lipinski definition) is 2. The predicted octanol–water partition coefficient (Wildman–Crippen LogP) is 1.41. The van der Waals surface area contributed by atoms with Crippen molar-refractivity contribution in [1.82, 2.24) is 0 Å². The Balaban J connectivity index is 3.68. The average Bonchev–Trinajstić information content (AvgIpc) is 1.99. The molecular formula is C9H20O2. The molecule has 0 aromatic rings. The van der Waals surface area contributed by atoms with Crippen LogP contribution in [0.1, 0.15) is 33.6 Å². The molecule has 0 aromatic carbocycles. The second-order valence-electron chi connectivity index (χ2n) is 3.48. The van der Waals surface area contributed by atoms with E-state index in [-0.39, 0.29) is 18.6 Å². The summed E-state index contributed by atoms with van der Waals surface area (Å²) in [5.74, 6) is 0.714. The first kappa shape index (κ1) is 10.9. The first-order valence-electron chi connectivity index (χ1n) is 4.40. The lowest BCUT2D eigenvalue weighted by Crippen LogP contribution is -2.20. The zero-order valence-corrected chi connectivity index (χ0v) is 7.75. The summed E-state index contributed by atoms with van der Waals surface area (Å²) in [4.78, 5) is 0. The van der Waals surface area contributed by atoms with Gasteiger partial charge in [0, 0.05) is 6.61 Å². The summed E-state index contributed by atoms with van der Waals surface area (Å²) in [5, 5.41) is 18.2. The topological polar surface area (TPSA) is 40.5 Å². The van der Waals surface area contributed by atoms with Gasteiger partial charge in [-0.15, -0.1) is 0 Å². The maximum Gasteiger partial charge on any atom is 0.0541 e. The second kappa shape index (κ2) is 5.56. The summed E-state index contributed by atoms with van der Waals surface area (Å²) >= 11 is 0. The van der Waals surface area contributed by atoms with Gasteiger partial charge in [-0.2, -0.15) is 0 Å². The zero-order chi connectivity index (χ0) is 8.85. The van der Waals surface area contributed by atoms with Gasteiger partial charge in [0.1, 0.15) is 0 Å². The summed E-state index contributed by atoms with van der Waals surface area (Å²) in [6.45, 7) is 6.29. The van der Waals surface area contributed by atoms with Gasteiger partial charge in [-0.25, -0.2) is 0 Å². The van der Waals surface area contributed by atoms with Gasteiger partial charge in [-0.3, -0.25) is 0 Å². The molecule has 0 rings (SSSR count). The lowest BCUT2D eigenvalue weighted by Gasteiger charge is -2.20. The molecule has 0 saturated carbocycles. The molecule has 2 N–H and O–H groups in total. The molecular weight excluding hydrogens is 140 g/mol. The number of aliphatic hydroxyl groups excluding tert-OH is 2. The Hall–Kier alpha value is -0.0800. The molecule has 2 nitrogen and oxygen atoms in total. The van der Waals surface area contributed by atoms with Gasteiger partial charge in [0.15, 0.2) is 0 Å². The van der Waals surface area contributed by atoms with Crippen LogP contribution in [0.3, 0.4) is 0 Å². The third-order valence-corrected chi connectivity index (χ3v) is 2.22. The zero-order valence-electron chi connectivity index (χ0n) is 7.75. The highest BCUT2D eigenvalue weighted by Gasteiger charge is 2.15. The predicted molar refractivity (Wildman–Crippen MR) is 46.3 cm³/mol. The van der Waals surface area contributed by atoms with Gasteiger partial charge >= 0.3 is 0 Å². The smallest absolute Gasteiger partial charge is 0.0541 e. The minimum atomic E-state index is -0.241. The highest BCUT2D eigenvalue weighted by Crippen LogP contribution is 2.17. The molecule has 0 fully saturated rings. The van der Waals surface area contributed by atoms with Gasteiger partial charge in [0.25, 0.3) is 0 Å². The lowest BCUT2D eigenvalue weighted by atomic mass is 9.90. The van der Waals surface area contributed by atoms with E-state index < -0.39 is 0 Å². The molecule has 0 amide bonds. The molecule has 0 saturated heterocycles. The molecule has 11 heavy (non-hydrogen) atoms. The Morgan fingerprint density at radius 3 is 2.09 bits per heavy atom. The Morgan fingerprint density at radius 2 is 1.82 bits per heavy atom. The normalized spacial score (nSPS) is 16.9. The van der Waals surface area contributed by atoms with E-state index in [9.17, 15) is 5.11 Å². The average molecular weight is 160 g/mol. The summed E-state index contributed by atoms with van der Waals surface area (Å²) in [6, 6.07) is 0. The van der Waals surface area contributed by atoms with Crippen LogP contribution < -0.4 is 0 Å². The minimum Gasteiger partial charge on any atom is -0.396 e. The van der Waals surface area contributed by atoms with Crippen LogP contribution >= 0.6 is 0 Å². The van der Waals surface area contributed by atoms with Crippen LogP contribution in [0.2, 0.25) is 0 Å². The van der Waals surface area contributed by atoms with Crippen molar-refractivity contribution in [2.24, 2.45) is 11.8 Å². The van der Waals surface area contributed by atoms with E-state index in [1.807, 2.05) is 6.92 Å². The fourth-order valence-corrected chi connectivity index (χ4v) is 1.07. The van der Waals surface area contributed by atoms with Crippen LogP contribution in [0.4, 0.5) is 0 Å². The van der Waals surface area contributed by atoms with Gasteiger partial charge in [-0.05, 0) is 24.7 Å². The van der Waals surface area contributed by atoms with Crippen molar-refractivity contribution in [1.29, 1.82) is 0 Å². The summed E-state index contributed by atoms with van der Waals surface area (Å²) < 4.78 is 0. The molecule has 2 atom stereocenters. The molecule has 0 aliphatic rings. The van der Waals surface area contributed by atoms with E-state index in [4.69, 9.17) is 5.11 Å². The number of aliphatic hydroxyl groups is 2. The Kier molecular flexibility index (Phi) is 5.51. The van der Waals surface area contributed by atoms with Crippen LogP contribution in [0.5, 0.6) is 0 Å². The van der Waals surface area contributed by atoms with E-state index >= 15 is 0 Å². The summed E-state index contributed by atoms with van der Waals surface area (Å²) in [7, 11) is 0. The lowest BCUT2D eigenvalue weighted by molar-refractivity contribution is 0.0939. The fourth-order valence-electron chi connectivity index (χ4n) is 1.07. The number of rotatable bonds is 5. The van der Waals surface area contributed by atoms with Crippen LogP contribution in [-0.4, -0.2) is 22.9 Å². The molecule has 0 radical (unpaired) electrons. The Labute approximate surface area is 69.2 Å². The van der Waals surface area contributed by atoms with Crippen LogP contribution in [0, 0.1) is 11.8 Å². The van der Waals surface area contributed by atoms with E-state index in [0.717, 1.165) is 12.8 Å². The third kappa shape index (κ3) is 4.38. The van der Waals surface area contributed by atoms with Crippen molar-refractivity contribution in [3.63, 3.8) is 0 Å². The molecule has 0 aromatic heterocycles. The van der Waals surface area contributed by atoms with E-state index in [1.165, 1.54) is 0 Å². The monoisotopic (exact) mass is 160 g/mol. The van der Waals surface area contributed by atoms with Crippen LogP contribution in [0.15, 0.2) is 0 Å². The Bertz CT molecular complexity index is 91.6. The SMILES string of the molecule is CCC(O)CC(CO)C(C)C. The van der Waals surface area contributed by atoms with Crippen molar-refractivity contribution in [3.8, 4) is 0 Å². The second-order valence-corrected chi connectivity index (χ2v) is 3.48. The van der Waals surface area contributed by atoms with Crippen LogP contribution in [0.25, 0.3) is 0 Å². The van der Waals surface area contributed by atoms with Gasteiger partial charge in [-0.1, -0.05) is 20.8 Å². The summed E-state index contributed by atoms with van der Waals surface area (Å²) in [5.41, 5.74) is 0. The molecule has 2 unspecified atom stereocenters. The van der Waals surface area contributed by atoms with E-state index in [0.29, 0.717) is 5.92 Å². The van der Waals surface area contributed by atoms with Gasteiger partial charge < -0.3 is 10.2 Å². The highest BCUT2D eigenvalue weighted by molar-refractivity contribution is 4.66. The first-order chi connectivity index (χ1) is 5.11. The molecule has 2 heteroatoms. The van der Waals surface area contributed by atoms with Crippen molar-refractivity contribution in [3.05, 3.63) is 0 Å². The minimum absolute atomic E-state index is 0.189. The molecule has 0 aliphatic carbocycles. The van der Waals surface area contributed by atoms with Crippen molar-refractivity contribution < 1.29 is 10.2 Å². The third-order valence-electron chi connectivity index (χ3n) is 2.22. The molecule has 68 valence electrons. The maximum atomic E-state index is 9.30.